The smallest absolute Gasteiger partial charge is 0.246 e. The van der Waals surface area contributed by atoms with Gasteiger partial charge in [-0.05, 0) is 32.9 Å². The first-order valence-corrected chi connectivity index (χ1v) is 6.75. The maximum atomic E-state index is 5.89. The zero-order valence-corrected chi connectivity index (χ0v) is 11.6. The summed E-state index contributed by atoms with van der Waals surface area (Å²) in [4.78, 5) is 5.50. The van der Waals surface area contributed by atoms with Crippen molar-refractivity contribution in [3.8, 4) is 0 Å². The Kier molecular flexibility index (Phi) is 3.73. The van der Waals surface area contributed by atoms with Crippen molar-refractivity contribution < 1.29 is 4.52 Å². The minimum atomic E-state index is -0.584. The van der Waals surface area contributed by atoms with Gasteiger partial charge < -0.3 is 10.3 Å². The van der Waals surface area contributed by atoms with Crippen LogP contribution in [0.1, 0.15) is 31.1 Å². The third-order valence-corrected chi connectivity index (χ3v) is 3.37. The molecule has 18 heavy (non-hydrogen) atoms. The number of aryl methyl sites for hydroxylation is 1. The maximum Gasteiger partial charge on any atom is 0.246 e. The lowest BCUT2D eigenvalue weighted by atomic mass is 10.1. The van der Waals surface area contributed by atoms with Gasteiger partial charge in [0.2, 0.25) is 5.89 Å². The summed E-state index contributed by atoms with van der Waals surface area (Å²) in [6, 6.07) is 8.33. The normalized spacial score (nSPS) is 11.8. The summed E-state index contributed by atoms with van der Waals surface area (Å²) in [5, 5.41) is 3.93. The number of hydrogen-bond donors (Lipinski definition) is 1. The van der Waals surface area contributed by atoms with Crippen molar-refractivity contribution in [2.75, 3.05) is 0 Å². The van der Waals surface area contributed by atoms with E-state index in [1.165, 1.54) is 10.5 Å². The van der Waals surface area contributed by atoms with Crippen LogP contribution < -0.4 is 5.73 Å². The van der Waals surface area contributed by atoms with E-state index in [9.17, 15) is 0 Å². The van der Waals surface area contributed by atoms with Gasteiger partial charge in [0.05, 0.1) is 11.3 Å². The molecule has 4 nitrogen and oxygen atoms in total. The average Bonchev–Trinajstić information content (AvgIpc) is 2.74. The van der Waals surface area contributed by atoms with Gasteiger partial charge in [0.15, 0.2) is 5.82 Å². The lowest BCUT2D eigenvalue weighted by Gasteiger charge is -2.10. The van der Waals surface area contributed by atoms with Crippen LogP contribution in [-0.2, 0) is 11.3 Å². The highest BCUT2D eigenvalue weighted by atomic mass is 32.2. The molecule has 2 N–H and O–H groups in total. The number of aromatic nitrogens is 2. The van der Waals surface area contributed by atoms with Gasteiger partial charge >= 0.3 is 0 Å². The number of rotatable bonds is 4. The van der Waals surface area contributed by atoms with Crippen molar-refractivity contribution in [2.24, 2.45) is 5.73 Å². The summed E-state index contributed by atoms with van der Waals surface area (Å²) in [7, 11) is 0. The van der Waals surface area contributed by atoms with E-state index >= 15 is 0 Å². The van der Waals surface area contributed by atoms with Gasteiger partial charge in [-0.2, -0.15) is 4.98 Å². The van der Waals surface area contributed by atoms with Crippen molar-refractivity contribution in [1.29, 1.82) is 0 Å². The molecule has 2 rings (SSSR count). The summed E-state index contributed by atoms with van der Waals surface area (Å²) in [5.41, 5.74) is 6.56. The molecular formula is C13H17N3OS. The molecule has 0 aliphatic heterocycles. The van der Waals surface area contributed by atoms with E-state index in [0.29, 0.717) is 17.5 Å². The topological polar surface area (TPSA) is 64.9 Å². The number of hydrogen-bond acceptors (Lipinski definition) is 5. The molecule has 0 bridgehead atoms. The van der Waals surface area contributed by atoms with Crippen molar-refractivity contribution in [1.82, 2.24) is 10.1 Å². The van der Waals surface area contributed by atoms with E-state index in [1.54, 1.807) is 11.8 Å². The summed E-state index contributed by atoms with van der Waals surface area (Å²) < 4.78 is 5.14. The summed E-state index contributed by atoms with van der Waals surface area (Å²) in [6.07, 6.45) is 0. The van der Waals surface area contributed by atoms with E-state index in [1.807, 2.05) is 19.9 Å². The predicted octanol–water partition coefficient (Wildman–Crippen LogP) is 2.86. The first-order valence-electron chi connectivity index (χ1n) is 5.76. The number of nitrogens with zero attached hydrogens (tertiary/aromatic N) is 2. The summed E-state index contributed by atoms with van der Waals surface area (Å²) in [5.74, 6) is 1.83. The Morgan fingerprint density at radius 3 is 2.78 bits per heavy atom. The Morgan fingerprint density at radius 2 is 2.17 bits per heavy atom. The molecule has 0 unspecified atom stereocenters. The van der Waals surface area contributed by atoms with Crippen molar-refractivity contribution >= 4 is 11.8 Å². The second-order valence-corrected chi connectivity index (χ2v) is 5.89. The van der Waals surface area contributed by atoms with Gasteiger partial charge in [0.1, 0.15) is 0 Å². The van der Waals surface area contributed by atoms with Crippen LogP contribution in [0.3, 0.4) is 0 Å². The molecule has 5 heteroatoms. The molecule has 0 amide bonds. The van der Waals surface area contributed by atoms with Crippen LogP contribution in [0.5, 0.6) is 0 Å². The lowest BCUT2D eigenvalue weighted by molar-refractivity contribution is 0.310. The summed E-state index contributed by atoms with van der Waals surface area (Å²) in [6.45, 7) is 5.77. The van der Waals surface area contributed by atoms with Gasteiger partial charge in [0.25, 0.3) is 0 Å². The fraction of sp³-hybridized carbons (Fsp3) is 0.385. The highest BCUT2D eigenvalue weighted by Gasteiger charge is 2.22. The van der Waals surface area contributed by atoms with Gasteiger partial charge in [-0.15, -0.1) is 11.8 Å². The number of benzene rings is 1. The quantitative estimate of drug-likeness (QED) is 0.859. The molecule has 0 atom stereocenters. The second-order valence-electron chi connectivity index (χ2n) is 4.84. The fourth-order valence-corrected chi connectivity index (χ4v) is 2.28. The highest BCUT2D eigenvalue weighted by molar-refractivity contribution is 7.98. The zero-order valence-electron chi connectivity index (χ0n) is 10.8. The van der Waals surface area contributed by atoms with E-state index < -0.39 is 5.54 Å². The zero-order chi connectivity index (χ0) is 13.2. The molecule has 0 spiro atoms. The van der Waals surface area contributed by atoms with E-state index in [2.05, 4.69) is 35.3 Å². The molecule has 0 saturated carbocycles. The maximum absolute atomic E-state index is 5.89. The van der Waals surface area contributed by atoms with Crippen LogP contribution in [-0.4, -0.2) is 10.1 Å². The van der Waals surface area contributed by atoms with Gasteiger partial charge in [0, 0.05) is 4.90 Å². The molecule has 1 heterocycles. The van der Waals surface area contributed by atoms with Crippen LogP contribution in [0.15, 0.2) is 33.7 Å². The minimum absolute atomic E-state index is 0.474. The molecule has 0 radical (unpaired) electrons. The standard InChI is InChI=1S/C13H17N3OS/c1-9-5-4-6-10(7-9)18-8-11-15-12(17-16-11)13(2,3)14/h4-7H,8,14H2,1-3H3. The molecule has 2 aromatic rings. The second kappa shape index (κ2) is 5.12. The molecule has 0 saturated heterocycles. The summed E-state index contributed by atoms with van der Waals surface area (Å²) >= 11 is 1.69. The molecule has 96 valence electrons. The fourth-order valence-electron chi connectivity index (χ4n) is 1.43. The first-order chi connectivity index (χ1) is 8.45. The Bertz CT molecular complexity index is 531. The molecule has 0 fully saturated rings. The van der Waals surface area contributed by atoms with Crippen LogP contribution in [0, 0.1) is 6.92 Å². The molecule has 1 aromatic heterocycles. The van der Waals surface area contributed by atoms with Crippen molar-refractivity contribution in [3.05, 3.63) is 41.5 Å². The third-order valence-electron chi connectivity index (χ3n) is 2.38. The van der Waals surface area contributed by atoms with Crippen LogP contribution >= 0.6 is 11.8 Å². The minimum Gasteiger partial charge on any atom is -0.337 e. The van der Waals surface area contributed by atoms with Crippen molar-refractivity contribution in [3.63, 3.8) is 0 Å². The largest absolute Gasteiger partial charge is 0.337 e. The number of nitrogens with two attached hydrogens (primary N) is 1. The SMILES string of the molecule is Cc1cccc(SCc2noc(C(C)(C)N)n2)c1. The van der Waals surface area contributed by atoms with E-state index in [0.717, 1.165) is 0 Å². The molecule has 1 aromatic carbocycles. The molecule has 0 aliphatic rings. The predicted molar refractivity (Wildman–Crippen MR) is 72.3 cm³/mol. The Morgan fingerprint density at radius 1 is 1.39 bits per heavy atom. The van der Waals surface area contributed by atoms with E-state index in [4.69, 9.17) is 10.3 Å². The van der Waals surface area contributed by atoms with Crippen LogP contribution in [0.25, 0.3) is 0 Å². The first kappa shape index (κ1) is 13.1. The highest BCUT2D eigenvalue weighted by Crippen LogP contribution is 2.23. The molecule has 0 aliphatic carbocycles. The average molecular weight is 263 g/mol. The lowest BCUT2D eigenvalue weighted by Crippen LogP contribution is -2.29. The van der Waals surface area contributed by atoms with E-state index in [-0.39, 0.29) is 0 Å². The third kappa shape index (κ3) is 3.34. The van der Waals surface area contributed by atoms with Gasteiger partial charge in [-0.25, -0.2) is 0 Å². The van der Waals surface area contributed by atoms with Gasteiger partial charge in [-0.1, -0.05) is 22.9 Å². The monoisotopic (exact) mass is 263 g/mol. The van der Waals surface area contributed by atoms with Crippen molar-refractivity contribution in [2.45, 2.75) is 37.0 Å². The Balaban J connectivity index is 2.01. The Hall–Kier alpha value is -1.33. The van der Waals surface area contributed by atoms with Crippen LogP contribution in [0.2, 0.25) is 0 Å². The number of thioether (sulfide) groups is 1. The van der Waals surface area contributed by atoms with Gasteiger partial charge in [-0.3, -0.25) is 0 Å². The van der Waals surface area contributed by atoms with Crippen LogP contribution in [0.4, 0.5) is 0 Å². The molecular weight excluding hydrogens is 246 g/mol. The Labute approximate surface area is 111 Å².